The van der Waals surface area contributed by atoms with Gasteiger partial charge < -0.3 is 9.84 Å². The van der Waals surface area contributed by atoms with Gasteiger partial charge in [-0.3, -0.25) is 4.79 Å². The van der Waals surface area contributed by atoms with Crippen LogP contribution >= 0.6 is 0 Å². The Balaban J connectivity index is 2.14. The molecule has 0 fully saturated rings. The van der Waals surface area contributed by atoms with Crippen molar-refractivity contribution in [2.24, 2.45) is 0 Å². The highest BCUT2D eigenvalue weighted by Crippen LogP contribution is 2.20. The van der Waals surface area contributed by atoms with E-state index in [0.717, 1.165) is 0 Å². The van der Waals surface area contributed by atoms with E-state index in [-0.39, 0.29) is 6.42 Å². The Morgan fingerprint density at radius 2 is 2.00 bits per heavy atom. The quantitative estimate of drug-likeness (QED) is 0.868. The fourth-order valence-electron chi connectivity index (χ4n) is 1.37. The summed E-state index contributed by atoms with van der Waals surface area (Å²) in [5.41, 5.74) is 0.687. The molecule has 5 heteroatoms. The zero-order chi connectivity index (χ0) is 12.1. The van der Waals surface area contributed by atoms with E-state index < -0.39 is 5.97 Å². The monoisotopic (exact) mass is 230 g/mol. The van der Waals surface area contributed by atoms with E-state index in [4.69, 9.17) is 9.84 Å². The number of carboxylic acids is 1. The van der Waals surface area contributed by atoms with Crippen LogP contribution in [-0.4, -0.2) is 21.0 Å². The number of rotatable bonds is 4. The summed E-state index contributed by atoms with van der Waals surface area (Å²) < 4.78 is 5.48. The first-order valence-electron chi connectivity index (χ1n) is 4.97. The molecule has 0 saturated carbocycles. The van der Waals surface area contributed by atoms with Crippen molar-refractivity contribution >= 4 is 5.97 Å². The van der Waals surface area contributed by atoms with Crippen LogP contribution in [0, 0.1) is 0 Å². The molecule has 1 aromatic carbocycles. The molecule has 5 nitrogen and oxygen atoms in total. The summed E-state index contributed by atoms with van der Waals surface area (Å²) in [5.74, 6) is 0.212. The molecule has 0 bridgehead atoms. The first-order valence-corrected chi connectivity index (χ1v) is 4.97. The number of hydrogen-bond acceptors (Lipinski definition) is 4. The van der Waals surface area contributed by atoms with E-state index in [0.29, 0.717) is 17.1 Å². The largest absolute Gasteiger partial charge is 0.481 e. The summed E-state index contributed by atoms with van der Waals surface area (Å²) >= 11 is 0. The fraction of sp³-hybridized carbons (Fsp3) is 0.0833. The van der Waals surface area contributed by atoms with Crippen LogP contribution in [0.4, 0.5) is 0 Å². The molecule has 2 rings (SSSR count). The van der Waals surface area contributed by atoms with Gasteiger partial charge in [0.05, 0.1) is 18.8 Å². The number of aliphatic carboxylic acids is 1. The molecule has 0 aliphatic rings. The maximum atomic E-state index is 10.6. The van der Waals surface area contributed by atoms with E-state index in [1.807, 2.05) is 0 Å². The Bertz CT molecular complexity index is 514. The van der Waals surface area contributed by atoms with Gasteiger partial charge in [-0.1, -0.05) is 12.1 Å². The van der Waals surface area contributed by atoms with Crippen molar-refractivity contribution in [3.63, 3.8) is 0 Å². The Hall–Kier alpha value is -2.43. The summed E-state index contributed by atoms with van der Waals surface area (Å²) in [7, 11) is 0. The van der Waals surface area contributed by atoms with E-state index in [1.54, 1.807) is 24.3 Å². The molecule has 0 aliphatic heterocycles. The second-order valence-electron chi connectivity index (χ2n) is 3.39. The van der Waals surface area contributed by atoms with E-state index in [2.05, 4.69) is 9.97 Å². The van der Waals surface area contributed by atoms with Gasteiger partial charge in [0.1, 0.15) is 12.1 Å². The number of carbonyl (C=O) groups is 1. The third-order valence-corrected chi connectivity index (χ3v) is 2.03. The molecule has 0 unspecified atom stereocenters. The lowest BCUT2D eigenvalue weighted by molar-refractivity contribution is -0.136. The normalized spacial score (nSPS) is 9.88. The molecule has 1 aromatic heterocycles. The highest BCUT2D eigenvalue weighted by molar-refractivity contribution is 5.70. The zero-order valence-corrected chi connectivity index (χ0v) is 8.91. The van der Waals surface area contributed by atoms with Crippen molar-refractivity contribution in [3.05, 3.63) is 48.5 Å². The molecule has 0 radical (unpaired) electrons. The minimum Gasteiger partial charge on any atom is -0.481 e. The molecule has 0 aliphatic carbocycles. The van der Waals surface area contributed by atoms with Crippen LogP contribution in [-0.2, 0) is 11.2 Å². The van der Waals surface area contributed by atoms with E-state index in [1.165, 1.54) is 18.7 Å². The smallest absolute Gasteiger partial charge is 0.307 e. The van der Waals surface area contributed by atoms with Gasteiger partial charge in [-0.25, -0.2) is 9.97 Å². The minimum absolute atomic E-state index is 0.0253. The Labute approximate surface area is 97.7 Å². The summed E-state index contributed by atoms with van der Waals surface area (Å²) in [6, 6.07) is 6.92. The molecule has 0 amide bonds. The van der Waals surface area contributed by atoms with Crippen LogP contribution in [0.5, 0.6) is 11.5 Å². The van der Waals surface area contributed by atoms with Gasteiger partial charge in [-0.15, -0.1) is 0 Å². The predicted octanol–water partition coefficient (Wildman–Crippen LogP) is 1.90. The number of carboxylic acid groups (broad SMARTS) is 1. The Morgan fingerprint density at radius 1 is 1.24 bits per heavy atom. The van der Waals surface area contributed by atoms with Gasteiger partial charge >= 0.3 is 5.97 Å². The minimum atomic E-state index is -0.870. The van der Waals surface area contributed by atoms with Crippen LogP contribution in [0.25, 0.3) is 0 Å². The van der Waals surface area contributed by atoms with Gasteiger partial charge in [0.2, 0.25) is 0 Å². The maximum absolute atomic E-state index is 10.6. The molecule has 1 heterocycles. The van der Waals surface area contributed by atoms with Crippen LogP contribution < -0.4 is 4.74 Å². The number of ether oxygens (including phenoxy) is 1. The highest BCUT2D eigenvalue weighted by Gasteiger charge is 2.03. The molecule has 2 aromatic rings. The third kappa shape index (κ3) is 3.27. The van der Waals surface area contributed by atoms with Crippen LogP contribution in [0.15, 0.2) is 43.0 Å². The lowest BCUT2D eigenvalue weighted by Crippen LogP contribution is -1.99. The molecule has 1 N–H and O–H groups in total. The SMILES string of the molecule is O=C(O)Cc1cccc(Oc2cncnc2)c1. The summed E-state index contributed by atoms with van der Waals surface area (Å²) in [5, 5.41) is 8.69. The third-order valence-electron chi connectivity index (χ3n) is 2.03. The second-order valence-corrected chi connectivity index (χ2v) is 3.39. The molecular formula is C12H10N2O3. The number of aromatic nitrogens is 2. The predicted molar refractivity (Wildman–Crippen MR) is 59.9 cm³/mol. The number of nitrogens with zero attached hydrogens (tertiary/aromatic N) is 2. The van der Waals surface area contributed by atoms with Gasteiger partial charge in [-0.05, 0) is 17.7 Å². The number of benzene rings is 1. The molecule has 86 valence electrons. The standard InChI is InChI=1S/C12H10N2O3/c15-12(16)5-9-2-1-3-10(4-9)17-11-6-13-8-14-7-11/h1-4,6-8H,5H2,(H,15,16). The molecule has 17 heavy (non-hydrogen) atoms. The van der Waals surface area contributed by atoms with Crippen molar-refractivity contribution < 1.29 is 14.6 Å². The van der Waals surface area contributed by atoms with E-state index >= 15 is 0 Å². The average Bonchev–Trinajstić information content (AvgIpc) is 2.30. The average molecular weight is 230 g/mol. The lowest BCUT2D eigenvalue weighted by atomic mass is 10.1. The fourth-order valence-corrected chi connectivity index (χ4v) is 1.37. The second kappa shape index (κ2) is 5.07. The van der Waals surface area contributed by atoms with Gasteiger partial charge in [-0.2, -0.15) is 0 Å². The first-order chi connectivity index (χ1) is 8.24. The van der Waals surface area contributed by atoms with Crippen molar-refractivity contribution in [2.75, 3.05) is 0 Å². The molecular weight excluding hydrogens is 220 g/mol. The van der Waals surface area contributed by atoms with Crippen LogP contribution in [0.1, 0.15) is 5.56 Å². The van der Waals surface area contributed by atoms with E-state index in [9.17, 15) is 4.79 Å². The summed E-state index contributed by atoms with van der Waals surface area (Å²) in [6.45, 7) is 0. The van der Waals surface area contributed by atoms with Crippen LogP contribution in [0.3, 0.4) is 0 Å². The van der Waals surface area contributed by atoms with Gasteiger partial charge in [0.25, 0.3) is 0 Å². The van der Waals surface area contributed by atoms with Gasteiger partial charge in [0, 0.05) is 0 Å². The number of hydrogen-bond donors (Lipinski definition) is 1. The molecule has 0 saturated heterocycles. The Morgan fingerprint density at radius 3 is 2.71 bits per heavy atom. The van der Waals surface area contributed by atoms with Gasteiger partial charge in [0.15, 0.2) is 5.75 Å². The van der Waals surface area contributed by atoms with Crippen LogP contribution in [0.2, 0.25) is 0 Å². The molecule has 0 spiro atoms. The first kappa shape index (κ1) is 11.1. The Kier molecular flexibility index (Phi) is 3.30. The molecule has 0 atom stereocenters. The van der Waals surface area contributed by atoms with Crippen molar-refractivity contribution in [1.29, 1.82) is 0 Å². The van der Waals surface area contributed by atoms with Crippen molar-refractivity contribution in [2.45, 2.75) is 6.42 Å². The maximum Gasteiger partial charge on any atom is 0.307 e. The van der Waals surface area contributed by atoms with Crippen molar-refractivity contribution in [1.82, 2.24) is 9.97 Å². The lowest BCUT2D eigenvalue weighted by Gasteiger charge is -2.05. The van der Waals surface area contributed by atoms with Crippen molar-refractivity contribution in [3.8, 4) is 11.5 Å². The summed E-state index contributed by atoms with van der Waals surface area (Å²) in [4.78, 5) is 18.2. The summed E-state index contributed by atoms with van der Waals surface area (Å²) in [6.07, 6.45) is 4.46. The topological polar surface area (TPSA) is 72.3 Å². The zero-order valence-electron chi connectivity index (χ0n) is 8.91. The highest BCUT2D eigenvalue weighted by atomic mass is 16.5.